The third kappa shape index (κ3) is 3.01. The van der Waals surface area contributed by atoms with E-state index in [0.29, 0.717) is 5.92 Å². The normalized spacial score (nSPS) is 15.1. The van der Waals surface area contributed by atoms with Gasteiger partial charge in [0, 0.05) is 5.75 Å². The first-order valence-corrected chi connectivity index (χ1v) is 6.68. The minimum Gasteiger partial charge on any atom is -0.305 e. The summed E-state index contributed by atoms with van der Waals surface area (Å²) in [5, 5.41) is 0. The van der Waals surface area contributed by atoms with E-state index in [-0.39, 0.29) is 0 Å². The Morgan fingerprint density at radius 2 is 2.06 bits per heavy atom. The van der Waals surface area contributed by atoms with Crippen LogP contribution in [0, 0.1) is 0 Å². The Bertz CT molecular complexity index is 357. The molecule has 0 atom stereocenters. The van der Waals surface area contributed by atoms with Crippen molar-refractivity contribution >= 4 is 18.3 Å². The Morgan fingerprint density at radius 3 is 2.62 bits per heavy atom. The Kier molecular flexibility index (Phi) is 3.88. The molecule has 2 rings (SSSR count). The molecule has 0 radical (unpaired) electrons. The van der Waals surface area contributed by atoms with Gasteiger partial charge in [0.1, 0.15) is 0 Å². The monoisotopic (exact) mass is 234 g/mol. The molecule has 86 valence electrons. The molecule has 0 N–H and O–H groups in total. The summed E-state index contributed by atoms with van der Waals surface area (Å²) in [6.45, 7) is 6.45. The van der Waals surface area contributed by atoms with Gasteiger partial charge < -0.3 is 4.31 Å². The van der Waals surface area contributed by atoms with Crippen LogP contribution in [0.2, 0.25) is 0 Å². The Balaban J connectivity index is 1.87. The molecule has 1 aromatic carbocycles. The maximum absolute atomic E-state index is 4.19. The smallest absolute Gasteiger partial charge is 0.0950 e. The molecule has 0 saturated carbocycles. The van der Waals surface area contributed by atoms with Crippen molar-refractivity contribution in [1.29, 1.82) is 0 Å². The summed E-state index contributed by atoms with van der Waals surface area (Å²) in [5.74, 6) is 1.65. The fraction of sp³-hybridized carbons (Fsp3) is 0.462. The number of hydrogen-bond donors (Lipinski definition) is 0. The molecule has 1 aliphatic heterocycles. The van der Waals surface area contributed by atoms with Gasteiger partial charge in [0.05, 0.1) is 19.4 Å². The molecule has 0 fully saturated rings. The van der Waals surface area contributed by atoms with Crippen LogP contribution in [0.4, 0.5) is 0 Å². The highest BCUT2D eigenvalue weighted by Crippen LogP contribution is 2.20. The first-order valence-electron chi connectivity index (χ1n) is 5.74. The largest absolute Gasteiger partial charge is 0.305 e. The van der Waals surface area contributed by atoms with Crippen molar-refractivity contribution in [3.63, 3.8) is 0 Å². The van der Waals surface area contributed by atoms with Gasteiger partial charge in [0.25, 0.3) is 0 Å². The van der Waals surface area contributed by atoms with Gasteiger partial charge in [0.2, 0.25) is 0 Å². The van der Waals surface area contributed by atoms with E-state index >= 15 is 0 Å². The highest BCUT2D eigenvalue weighted by molar-refractivity contribution is 7.96. The van der Waals surface area contributed by atoms with Crippen LogP contribution in [0.5, 0.6) is 0 Å². The maximum atomic E-state index is 4.19. The Labute approximate surface area is 102 Å². The highest BCUT2D eigenvalue weighted by atomic mass is 32.2. The summed E-state index contributed by atoms with van der Waals surface area (Å²) in [4.78, 5) is 4.19. The second kappa shape index (κ2) is 5.39. The average Bonchev–Trinajstić information content (AvgIpc) is 2.80. The van der Waals surface area contributed by atoms with Crippen molar-refractivity contribution < 1.29 is 0 Å². The van der Waals surface area contributed by atoms with Gasteiger partial charge >= 0.3 is 0 Å². The summed E-state index contributed by atoms with van der Waals surface area (Å²) >= 11 is 1.84. The lowest BCUT2D eigenvalue weighted by Crippen LogP contribution is -2.10. The molecule has 0 amide bonds. The summed E-state index contributed by atoms with van der Waals surface area (Å²) in [6.07, 6.45) is 1.94. The second-order valence-corrected chi connectivity index (χ2v) is 5.35. The molecule has 1 aliphatic rings. The van der Waals surface area contributed by atoms with Crippen molar-refractivity contribution in [2.24, 2.45) is 4.99 Å². The molecule has 3 heteroatoms. The first kappa shape index (κ1) is 11.5. The molecule has 0 unspecified atom stereocenters. The van der Waals surface area contributed by atoms with E-state index in [1.165, 1.54) is 11.1 Å². The fourth-order valence-electron chi connectivity index (χ4n) is 1.62. The second-order valence-electron chi connectivity index (χ2n) is 4.33. The van der Waals surface area contributed by atoms with Crippen LogP contribution in [0.3, 0.4) is 0 Å². The van der Waals surface area contributed by atoms with Crippen LogP contribution in [0.15, 0.2) is 29.3 Å². The number of nitrogens with zero attached hydrogens (tertiary/aromatic N) is 2. The van der Waals surface area contributed by atoms with Gasteiger partial charge in [-0.05, 0) is 29.0 Å². The van der Waals surface area contributed by atoms with Crippen LogP contribution in [-0.4, -0.2) is 23.7 Å². The van der Waals surface area contributed by atoms with Crippen LogP contribution >= 0.6 is 11.9 Å². The molecule has 0 aliphatic carbocycles. The average molecular weight is 234 g/mol. The molecule has 2 nitrogen and oxygen atoms in total. The van der Waals surface area contributed by atoms with Crippen molar-refractivity contribution in [2.75, 3.05) is 13.1 Å². The van der Waals surface area contributed by atoms with Gasteiger partial charge in [-0.2, -0.15) is 0 Å². The van der Waals surface area contributed by atoms with Gasteiger partial charge in [-0.1, -0.05) is 38.1 Å². The SMILES string of the molecule is CC(C)c1ccc(CSN2C=NCC2)cc1. The summed E-state index contributed by atoms with van der Waals surface area (Å²) < 4.78 is 2.20. The molecular formula is C13H18N2S. The van der Waals surface area contributed by atoms with Crippen molar-refractivity contribution in [1.82, 2.24) is 4.31 Å². The van der Waals surface area contributed by atoms with Crippen LogP contribution in [0.1, 0.15) is 30.9 Å². The molecule has 0 aromatic heterocycles. The van der Waals surface area contributed by atoms with Gasteiger partial charge in [-0.15, -0.1) is 0 Å². The van der Waals surface area contributed by atoms with Crippen molar-refractivity contribution in [2.45, 2.75) is 25.5 Å². The topological polar surface area (TPSA) is 15.6 Å². The van der Waals surface area contributed by atoms with Crippen molar-refractivity contribution in [3.8, 4) is 0 Å². The van der Waals surface area contributed by atoms with E-state index in [4.69, 9.17) is 0 Å². The fourth-order valence-corrected chi connectivity index (χ4v) is 2.47. The number of benzene rings is 1. The van der Waals surface area contributed by atoms with Gasteiger partial charge in [0.15, 0.2) is 0 Å². The maximum Gasteiger partial charge on any atom is 0.0950 e. The van der Waals surface area contributed by atoms with E-state index in [1.54, 1.807) is 0 Å². The number of aliphatic imine (C=N–C) groups is 1. The first-order chi connectivity index (χ1) is 7.75. The third-order valence-corrected chi connectivity index (χ3v) is 3.77. The van der Waals surface area contributed by atoms with Gasteiger partial charge in [-0.25, -0.2) is 0 Å². The van der Waals surface area contributed by atoms with E-state index in [0.717, 1.165) is 18.8 Å². The van der Waals surface area contributed by atoms with Crippen molar-refractivity contribution in [3.05, 3.63) is 35.4 Å². The molecule has 16 heavy (non-hydrogen) atoms. The molecular weight excluding hydrogens is 216 g/mol. The van der Waals surface area contributed by atoms with E-state index in [2.05, 4.69) is 47.4 Å². The standard InChI is InChI=1S/C13H18N2S/c1-11(2)13-5-3-12(4-6-13)9-16-15-8-7-14-10-15/h3-6,10-11H,7-9H2,1-2H3. The molecule has 1 aromatic rings. The molecule has 0 bridgehead atoms. The zero-order chi connectivity index (χ0) is 11.4. The van der Waals surface area contributed by atoms with E-state index in [9.17, 15) is 0 Å². The molecule has 1 heterocycles. The zero-order valence-electron chi connectivity index (χ0n) is 9.89. The predicted octanol–water partition coefficient (Wildman–Crippen LogP) is 3.30. The zero-order valence-corrected chi connectivity index (χ0v) is 10.7. The summed E-state index contributed by atoms with van der Waals surface area (Å²) in [6, 6.07) is 8.93. The Morgan fingerprint density at radius 1 is 1.31 bits per heavy atom. The van der Waals surface area contributed by atoms with Crippen LogP contribution in [0.25, 0.3) is 0 Å². The Hall–Kier alpha value is -0.960. The minimum atomic E-state index is 0.618. The van der Waals surface area contributed by atoms with Gasteiger partial charge in [-0.3, -0.25) is 4.99 Å². The lowest BCUT2D eigenvalue weighted by Gasteiger charge is -2.12. The quantitative estimate of drug-likeness (QED) is 0.743. The lowest BCUT2D eigenvalue weighted by atomic mass is 10.0. The number of rotatable bonds is 4. The highest BCUT2D eigenvalue weighted by Gasteiger charge is 2.06. The summed E-state index contributed by atoms with van der Waals surface area (Å²) in [7, 11) is 0. The van der Waals surface area contributed by atoms with E-state index < -0.39 is 0 Å². The van der Waals surface area contributed by atoms with Crippen LogP contribution < -0.4 is 0 Å². The predicted molar refractivity (Wildman–Crippen MR) is 71.9 cm³/mol. The third-order valence-electron chi connectivity index (χ3n) is 2.70. The number of hydrogen-bond acceptors (Lipinski definition) is 3. The summed E-state index contributed by atoms with van der Waals surface area (Å²) in [5.41, 5.74) is 2.80. The lowest BCUT2D eigenvalue weighted by molar-refractivity contribution is 0.747. The minimum absolute atomic E-state index is 0.618. The molecule has 0 saturated heterocycles. The van der Waals surface area contributed by atoms with Crippen LogP contribution in [-0.2, 0) is 5.75 Å². The molecule has 0 spiro atoms. The van der Waals surface area contributed by atoms with E-state index in [1.807, 2.05) is 18.3 Å².